The highest BCUT2D eigenvalue weighted by Gasteiger charge is 2.46. The zero-order valence-corrected chi connectivity index (χ0v) is 18.8. The monoisotopic (exact) mass is 435 g/mol. The number of nitrogens with zero attached hydrogens (tertiary/aromatic N) is 1. The SMILES string of the molecule is O=C1O[C@H](c2ccc3ccccc3c2)[C@H](c2ccc3ccccc3c2)C1CN1CCCCC1. The van der Waals surface area contributed by atoms with E-state index in [1.165, 1.54) is 46.4 Å². The first-order chi connectivity index (χ1) is 16.3. The second-order valence-corrected chi connectivity index (χ2v) is 9.56. The number of hydrogen-bond acceptors (Lipinski definition) is 3. The van der Waals surface area contributed by atoms with Gasteiger partial charge in [0.25, 0.3) is 0 Å². The number of fused-ring (bicyclic) bond motifs is 2. The maximum Gasteiger partial charge on any atom is 0.311 e. The molecule has 0 aromatic heterocycles. The van der Waals surface area contributed by atoms with E-state index in [-0.39, 0.29) is 23.9 Å². The molecule has 3 nitrogen and oxygen atoms in total. The maximum atomic E-state index is 13.3. The molecule has 3 heteroatoms. The lowest BCUT2D eigenvalue weighted by Crippen LogP contribution is -2.37. The number of hydrogen-bond donors (Lipinski definition) is 0. The van der Waals surface area contributed by atoms with Gasteiger partial charge in [0.15, 0.2) is 0 Å². The first-order valence-electron chi connectivity index (χ1n) is 12.2. The van der Waals surface area contributed by atoms with E-state index in [0.29, 0.717) is 0 Å². The fourth-order valence-electron chi connectivity index (χ4n) is 5.73. The molecule has 2 saturated heterocycles. The van der Waals surface area contributed by atoms with Crippen LogP contribution in [0.4, 0.5) is 0 Å². The van der Waals surface area contributed by atoms with Gasteiger partial charge in [0.1, 0.15) is 6.10 Å². The van der Waals surface area contributed by atoms with Crippen LogP contribution in [0.15, 0.2) is 84.9 Å². The van der Waals surface area contributed by atoms with Crippen LogP contribution in [0.1, 0.15) is 42.4 Å². The number of benzene rings is 4. The van der Waals surface area contributed by atoms with Crippen LogP contribution in [0, 0.1) is 5.92 Å². The number of ether oxygens (including phenoxy) is 1. The van der Waals surface area contributed by atoms with Crippen molar-refractivity contribution in [3.63, 3.8) is 0 Å². The number of carbonyl (C=O) groups is 1. The van der Waals surface area contributed by atoms with Gasteiger partial charge in [0, 0.05) is 12.5 Å². The Morgan fingerprint density at radius 1 is 0.697 bits per heavy atom. The summed E-state index contributed by atoms with van der Waals surface area (Å²) in [6, 6.07) is 29.9. The first-order valence-corrected chi connectivity index (χ1v) is 12.2. The zero-order chi connectivity index (χ0) is 22.2. The first kappa shape index (κ1) is 20.4. The molecule has 0 bridgehead atoms. The minimum absolute atomic E-state index is 0.00481. The largest absolute Gasteiger partial charge is 0.457 e. The molecule has 166 valence electrons. The van der Waals surface area contributed by atoms with Gasteiger partial charge in [-0.05, 0) is 64.7 Å². The molecule has 0 aliphatic carbocycles. The Kier molecular flexibility index (Phi) is 5.35. The molecular weight excluding hydrogens is 406 g/mol. The normalized spacial score (nSPS) is 23.8. The van der Waals surface area contributed by atoms with Crippen molar-refractivity contribution in [2.24, 2.45) is 5.92 Å². The van der Waals surface area contributed by atoms with E-state index in [1.54, 1.807) is 0 Å². The molecule has 1 unspecified atom stereocenters. The lowest BCUT2D eigenvalue weighted by atomic mass is 9.80. The van der Waals surface area contributed by atoms with Gasteiger partial charge in [0.05, 0.1) is 5.92 Å². The molecule has 0 saturated carbocycles. The van der Waals surface area contributed by atoms with Crippen molar-refractivity contribution < 1.29 is 9.53 Å². The summed E-state index contributed by atoms with van der Waals surface area (Å²) >= 11 is 0. The Bertz CT molecular complexity index is 1310. The summed E-state index contributed by atoms with van der Waals surface area (Å²) in [5.74, 6) is -0.206. The summed E-state index contributed by atoms with van der Waals surface area (Å²) in [6.45, 7) is 2.93. The van der Waals surface area contributed by atoms with Crippen molar-refractivity contribution in [1.29, 1.82) is 0 Å². The van der Waals surface area contributed by atoms with Crippen LogP contribution in [0.25, 0.3) is 21.5 Å². The van der Waals surface area contributed by atoms with Crippen LogP contribution in [0.5, 0.6) is 0 Å². The summed E-state index contributed by atoms with van der Waals surface area (Å²) in [5, 5.41) is 4.82. The molecule has 4 aromatic rings. The number of carbonyl (C=O) groups excluding carboxylic acids is 1. The summed E-state index contributed by atoms with van der Waals surface area (Å²) in [7, 11) is 0. The van der Waals surface area contributed by atoms with E-state index < -0.39 is 0 Å². The molecule has 0 radical (unpaired) electrons. The van der Waals surface area contributed by atoms with Gasteiger partial charge in [0.2, 0.25) is 0 Å². The summed E-state index contributed by atoms with van der Waals surface area (Å²) in [6.07, 6.45) is 3.46. The van der Waals surface area contributed by atoms with Gasteiger partial charge in [-0.3, -0.25) is 4.79 Å². The van der Waals surface area contributed by atoms with Crippen LogP contribution in [-0.4, -0.2) is 30.5 Å². The van der Waals surface area contributed by atoms with Crippen molar-refractivity contribution in [2.75, 3.05) is 19.6 Å². The van der Waals surface area contributed by atoms with Gasteiger partial charge in [-0.1, -0.05) is 85.3 Å². The Labute approximate surface area is 195 Å². The lowest BCUT2D eigenvalue weighted by Gasteiger charge is -2.30. The van der Waals surface area contributed by atoms with Crippen molar-refractivity contribution in [3.8, 4) is 0 Å². The Hall–Kier alpha value is -3.17. The Balaban J connectivity index is 1.42. The predicted octanol–water partition coefficient (Wildman–Crippen LogP) is 6.48. The summed E-state index contributed by atoms with van der Waals surface area (Å²) in [5.41, 5.74) is 2.28. The lowest BCUT2D eigenvalue weighted by molar-refractivity contribution is -0.145. The highest BCUT2D eigenvalue weighted by Crippen LogP contribution is 2.47. The number of rotatable bonds is 4. The second-order valence-electron chi connectivity index (χ2n) is 9.56. The highest BCUT2D eigenvalue weighted by atomic mass is 16.6. The third-order valence-corrected chi connectivity index (χ3v) is 7.47. The Morgan fingerprint density at radius 2 is 1.27 bits per heavy atom. The second kappa shape index (κ2) is 8.64. The van der Waals surface area contributed by atoms with E-state index in [4.69, 9.17) is 4.74 Å². The number of likely N-dealkylation sites (tertiary alicyclic amines) is 1. The molecule has 0 spiro atoms. The molecule has 3 atom stereocenters. The quantitative estimate of drug-likeness (QED) is 0.344. The smallest absolute Gasteiger partial charge is 0.311 e. The van der Waals surface area contributed by atoms with Crippen LogP contribution < -0.4 is 0 Å². The van der Waals surface area contributed by atoms with E-state index in [0.717, 1.165) is 25.2 Å². The van der Waals surface area contributed by atoms with Gasteiger partial charge in [-0.25, -0.2) is 0 Å². The van der Waals surface area contributed by atoms with Gasteiger partial charge >= 0.3 is 5.97 Å². The minimum atomic E-state index is -0.266. The van der Waals surface area contributed by atoms with Crippen molar-refractivity contribution in [3.05, 3.63) is 96.1 Å². The van der Waals surface area contributed by atoms with E-state index >= 15 is 0 Å². The maximum absolute atomic E-state index is 13.3. The summed E-state index contributed by atoms with van der Waals surface area (Å²) < 4.78 is 6.16. The van der Waals surface area contributed by atoms with Crippen LogP contribution in [0.2, 0.25) is 0 Å². The minimum Gasteiger partial charge on any atom is -0.457 e. The van der Waals surface area contributed by atoms with Crippen LogP contribution >= 0.6 is 0 Å². The molecule has 0 N–H and O–H groups in total. The van der Waals surface area contributed by atoms with Crippen LogP contribution in [0.3, 0.4) is 0 Å². The third-order valence-electron chi connectivity index (χ3n) is 7.47. The van der Waals surface area contributed by atoms with Gasteiger partial charge < -0.3 is 9.64 Å². The van der Waals surface area contributed by atoms with Crippen LogP contribution in [-0.2, 0) is 9.53 Å². The third kappa shape index (κ3) is 3.91. The van der Waals surface area contributed by atoms with Gasteiger partial charge in [-0.2, -0.15) is 0 Å². The molecule has 6 rings (SSSR count). The number of cyclic esters (lactones) is 1. The molecular formula is C30H29NO2. The molecule has 2 aliphatic heterocycles. The molecule has 33 heavy (non-hydrogen) atoms. The van der Waals surface area contributed by atoms with E-state index in [1.807, 2.05) is 0 Å². The average molecular weight is 436 g/mol. The number of esters is 1. The average Bonchev–Trinajstić information content (AvgIpc) is 3.19. The fraction of sp³-hybridized carbons (Fsp3) is 0.300. The molecule has 0 amide bonds. The van der Waals surface area contributed by atoms with E-state index in [2.05, 4.69) is 89.8 Å². The van der Waals surface area contributed by atoms with Crippen molar-refractivity contribution in [2.45, 2.75) is 31.3 Å². The van der Waals surface area contributed by atoms with Crippen molar-refractivity contribution in [1.82, 2.24) is 4.90 Å². The van der Waals surface area contributed by atoms with E-state index in [9.17, 15) is 4.79 Å². The van der Waals surface area contributed by atoms with Crippen molar-refractivity contribution >= 4 is 27.5 Å². The van der Waals surface area contributed by atoms with Gasteiger partial charge in [-0.15, -0.1) is 0 Å². The fourth-order valence-corrected chi connectivity index (χ4v) is 5.73. The standard InChI is InChI=1S/C30H29NO2/c32-30-27(20-31-16-6-1-7-17-31)28(25-14-12-21-8-2-4-10-23(21)18-25)29(33-30)26-15-13-22-9-3-5-11-24(22)19-26/h2-5,8-15,18-19,27-29H,1,6-7,16-17,20H2/t27?,28-,29-/m1/s1. The highest BCUT2D eigenvalue weighted by molar-refractivity contribution is 5.85. The molecule has 2 aliphatic rings. The molecule has 2 heterocycles. The number of piperidine rings is 1. The summed E-state index contributed by atoms with van der Waals surface area (Å²) in [4.78, 5) is 15.8. The molecule has 2 fully saturated rings. The molecule has 4 aromatic carbocycles. The Morgan fingerprint density at radius 3 is 1.94 bits per heavy atom. The predicted molar refractivity (Wildman–Crippen MR) is 133 cm³/mol. The topological polar surface area (TPSA) is 29.5 Å². The zero-order valence-electron chi connectivity index (χ0n) is 18.8.